The summed E-state index contributed by atoms with van der Waals surface area (Å²) >= 11 is 1.24. The van der Waals surface area contributed by atoms with Crippen molar-refractivity contribution in [1.82, 2.24) is 13.7 Å². The van der Waals surface area contributed by atoms with Crippen LogP contribution in [0.25, 0.3) is 0 Å². The van der Waals surface area contributed by atoms with Crippen LogP contribution in [0.2, 0.25) is 0 Å². The molecule has 1 atom stereocenters. The van der Waals surface area contributed by atoms with Crippen LogP contribution in [0.15, 0.2) is 24.3 Å². The molecule has 0 saturated carbocycles. The molecule has 2 heterocycles. The summed E-state index contributed by atoms with van der Waals surface area (Å²) in [6.45, 7) is 0.537. The summed E-state index contributed by atoms with van der Waals surface area (Å²) in [5.41, 5.74) is 0.831. The van der Waals surface area contributed by atoms with Crippen molar-refractivity contribution in [3.05, 3.63) is 41.5 Å². The van der Waals surface area contributed by atoms with E-state index in [0.29, 0.717) is 12.4 Å². The van der Waals surface area contributed by atoms with Crippen molar-refractivity contribution in [2.75, 3.05) is 31.3 Å². The largest absolute Gasteiger partial charge is 0.353 e. The second-order valence-electron chi connectivity index (χ2n) is 5.71. The molecule has 1 saturated heterocycles. The Morgan fingerprint density at radius 2 is 2.04 bits per heavy atom. The number of hydrogen-bond acceptors (Lipinski definition) is 6. The Labute approximate surface area is 138 Å². The Balaban J connectivity index is 1.76. The third-order valence-corrected chi connectivity index (χ3v) is 6.54. The van der Waals surface area contributed by atoms with Gasteiger partial charge in [-0.3, -0.25) is 0 Å². The minimum Gasteiger partial charge on any atom is -0.353 e. The van der Waals surface area contributed by atoms with Crippen molar-refractivity contribution in [3.63, 3.8) is 0 Å². The number of aromatic nitrogens is 2. The van der Waals surface area contributed by atoms with E-state index in [1.807, 2.05) is 19.0 Å². The molecule has 0 amide bonds. The maximum Gasteiger partial charge on any atom is 0.215 e. The van der Waals surface area contributed by atoms with Crippen LogP contribution in [-0.4, -0.2) is 48.5 Å². The lowest BCUT2D eigenvalue weighted by Crippen LogP contribution is -2.26. The van der Waals surface area contributed by atoms with Crippen molar-refractivity contribution in [1.29, 1.82) is 0 Å². The van der Waals surface area contributed by atoms with Crippen LogP contribution >= 0.6 is 11.5 Å². The minimum absolute atomic E-state index is 0.0311. The number of sulfonamides is 1. The van der Waals surface area contributed by atoms with E-state index in [1.165, 1.54) is 28.0 Å². The molecule has 1 aromatic carbocycles. The molecule has 0 N–H and O–H groups in total. The Morgan fingerprint density at radius 1 is 1.35 bits per heavy atom. The molecule has 0 bridgehead atoms. The second kappa shape index (κ2) is 6.14. The summed E-state index contributed by atoms with van der Waals surface area (Å²) in [6.07, 6.45) is 0. The van der Waals surface area contributed by atoms with E-state index in [1.54, 1.807) is 12.1 Å². The number of benzene rings is 1. The molecule has 1 fully saturated rings. The third kappa shape index (κ3) is 3.51. The zero-order valence-electron chi connectivity index (χ0n) is 12.8. The van der Waals surface area contributed by atoms with Gasteiger partial charge in [0.1, 0.15) is 5.82 Å². The molecular weight excluding hydrogens is 339 g/mol. The van der Waals surface area contributed by atoms with Crippen molar-refractivity contribution in [2.45, 2.75) is 12.5 Å². The standard InChI is InChI=1S/C14H17FN4O2S2/c1-18(2)14-16-13(17-22-14)8-19-7-11(9-23(19,20)21)10-3-5-12(15)6-4-10/h3-6,11H,7-9H2,1-2H3. The van der Waals surface area contributed by atoms with Crippen LogP contribution < -0.4 is 4.90 Å². The van der Waals surface area contributed by atoms with Gasteiger partial charge in [0, 0.05) is 38.1 Å². The molecule has 1 aliphatic rings. The van der Waals surface area contributed by atoms with Gasteiger partial charge in [-0.05, 0) is 17.7 Å². The van der Waals surface area contributed by atoms with E-state index >= 15 is 0 Å². The molecule has 0 spiro atoms. The van der Waals surface area contributed by atoms with E-state index in [4.69, 9.17) is 0 Å². The molecule has 124 valence electrons. The Bertz CT molecular complexity index is 789. The molecule has 3 rings (SSSR count). The lowest BCUT2D eigenvalue weighted by atomic mass is 10.0. The van der Waals surface area contributed by atoms with Crippen LogP contribution in [0.4, 0.5) is 9.52 Å². The second-order valence-corrected chi connectivity index (χ2v) is 8.45. The van der Waals surface area contributed by atoms with Gasteiger partial charge in [0.15, 0.2) is 5.82 Å². The molecule has 0 aliphatic carbocycles. The number of nitrogens with zero attached hydrogens (tertiary/aromatic N) is 4. The predicted molar refractivity (Wildman–Crippen MR) is 87.6 cm³/mol. The van der Waals surface area contributed by atoms with Crippen LogP contribution in [0.5, 0.6) is 0 Å². The molecule has 1 aliphatic heterocycles. The van der Waals surface area contributed by atoms with E-state index in [-0.39, 0.29) is 24.0 Å². The average molecular weight is 356 g/mol. The van der Waals surface area contributed by atoms with Gasteiger partial charge >= 0.3 is 0 Å². The highest BCUT2D eigenvalue weighted by Gasteiger charge is 2.37. The summed E-state index contributed by atoms with van der Waals surface area (Å²) in [7, 11) is 0.372. The summed E-state index contributed by atoms with van der Waals surface area (Å²) < 4.78 is 43.3. The average Bonchev–Trinajstić information content (AvgIpc) is 3.05. The van der Waals surface area contributed by atoms with Gasteiger partial charge in [-0.15, -0.1) is 0 Å². The summed E-state index contributed by atoms with van der Waals surface area (Å²) in [4.78, 5) is 6.16. The number of halogens is 1. The summed E-state index contributed by atoms with van der Waals surface area (Å²) in [5.74, 6) is 0.0486. The fourth-order valence-electron chi connectivity index (χ4n) is 2.52. The zero-order valence-corrected chi connectivity index (χ0v) is 14.4. The zero-order chi connectivity index (χ0) is 16.6. The van der Waals surface area contributed by atoms with Crippen LogP contribution in [0.1, 0.15) is 17.3 Å². The highest BCUT2D eigenvalue weighted by molar-refractivity contribution is 7.89. The van der Waals surface area contributed by atoms with Crippen molar-refractivity contribution >= 4 is 26.7 Å². The summed E-state index contributed by atoms with van der Waals surface area (Å²) in [6, 6.07) is 6.00. The first-order valence-corrected chi connectivity index (χ1v) is 9.46. The lowest BCUT2D eigenvalue weighted by molar-refractivity contribution is 0.419. The molecule has 1 unspecified atom stereocenters. The first-order valence-electron chi connectivity index (χ1n) is 7.08. The fourth-order valence-corrected chi connectivity index (χ4v) is 4.85. The maximum atomic E-state index is 13.0. The smallest absolute Gasteiger partial charge is 0.215 e. The Morgan fingerprint density at radius 3 is 2.65 bits per heavy atom. The van der Waals surface area contributed by atoms with Gasteiger partial charge in [-0.1, -0.05) is 12.1 Å². The minimum atomic E-state index is -3.35. The number of hydrogen-bond donors (Lipinski definition) is 0. The van der Waals surface area contributed by atoms with Crippen molar-refractivity contribution < 1.29 is 12.8 Å². The third-order valence-electron chi connectivity index (χ3n) is 3.73. The van der Waals surface area contributed by atoms with Crippen molar-refractivity contribution in [2.24, 2.45) is 0 Å². The van der Waals surface area contributed by atoms with Crippen LogP contribution in [-0.2, 0) is 16.6 Å². The lowest BCUT2D eigenvalue weighted by Gasteiger charge is -2.12. The van der Waals surface area contributed by atoms with Gasteiger partial charge in [0.2, 0.25) is 15.2 Å². The Kier molecular flexibility index (Phi) is 4.35. The first-order chi connectivity index (χ1) is 10.8. The topological polar surface area (TPSA) is 66.4 Å². The van der Waals surface area contributed by atoms with E-state index in [0.717, 1.165) is 10.7 Å². The highest BCUT2D eigenvalue weighted by Crippen LogP contribution is 2.30. The molecule has 6 nitrogen and oxygen atoms in total. The molecule has 9 heteroatoms. The number of rotatable bonds is 4. The molecule has 23 heavy (non-hydrogen) atoms. The summed E-state index contributed by atoms with van der Waals surface area (Å²) in [5, 5.41) is 0.742. The van der Waals surface area contributed by atoms with Gasteiger partial charge in [-0.25, -0.2) is 17.8 Å². The molecule has 0 radical (unpaired) electrons. The van der Waals surface area contributed by atoms with Crippen LogP contribution in [0.3, 0.4) is 0 Å². The Hall–Kier alpha value is -1.58. The van der Waals surface area contributed by atoms with Gasteiger partial charge in [-0.2, -0.15) is 8.68 Å². The van der Waals surface area contributed by atoms with Crippen molar-refractivity contribution in [3.8, 4) is 0 Å². The maximum absolute atomic E-state index is 13.0. The molecule has 1 aromatic heterocycles. The van der Waals surface area contributed by atoms with Gasteiger partial charge < -0.3 is 4.90 Å². The van der Waals surface area contributed by atoms with Gasteiger partial charge in [0.25, 0.3) is 0 Å². The molecular formula is C14H17FN4O2S2. The highest BCUT2D eigenvalue weighted by atomic mass is 32.2. The fraction of sp³-hybridized carbons (Fsp3) is 0.429. The monoisotopic (exact) mass is 356 g/mol. The van der Waals surface area contributed by atoms with E-state index in [2.05, 4.69) is 9.36 Å². The first kappa shape index (κ1) is 16.3. The van der Waals surface area contributed by atoms with Crippen LogP contribution in [0, 0.1) is 5.82 Å². The predicted octanol–water partition coefficient (Wildman–Crippen LogP) is 1.67. The molecule has 2 aromatic rings. The number of anilines is 1. The SMILES string of the molecule is CN(C)c1nc(CN2CC(c3ccc(F)cc3)CS2(=O)=O)ns1. The quantitative estimate of drug-likeness (QED) is 0.834. The normalized spacial score (nSPS) is 20.7. The van der Waals surface area contributed by atoms with E-state index in [9.17, 15) is 12.8 Å². The van der Waals surface area contributed by atoms with E-state index < -0.39 is 10.0 Å². The van der Waals surface area contributed by atoms with Gasteiger partial charge in [0.05, 0.1) is 12.3 Å².